The van der Waals surface area contributed by atoms with E-state index in [1.807, 2.05) is 6.07 Å². The number of benzene rings is 1. The Balaban J connectivity index is 1.96. The quantitative estimate of drug-likeness (QED) is 0.600. The maximum absolute atomic E-state index is 6.65. The van der Waals surface area contributed by atoms with E-state index in [1.54, 1.807) is 19.4 Å². The second-order valence-corrected chi connectivity index (χ2v) is 7.98. The summed E-state index contributed by atoms with van der Waals surface area (Å²) in [6.07, 6.45) is 3.74. The van der Waals surface area contributed by atoms with Crippen LogP contribution in [-0.4, -0.2) is 55.5 Å². The van der Waals surface area contributed by atoms with Gasteiger partial charge in [-0.2, -0.15) is 0 Å². The molecule has 31 heavy (non-hydrogen) atoms. The zero-order chi connectivity index (χ0) is 22.1. The van der Waals surface area contributed by atoms with Gasteiger partial charge >= 0.3 is 0 Å². The molecule has 2 N–H and O–H groups in total. The van der Waals surface area contributed by atoms with Gasteiger partial charge in [-0.15, -0.1) is 0 Å². The molecule has 1 aliphatic rings. The molecule has 4 rings (SSSR count). The molecule has 1 saturated heterocycles. The molecule has 1 unspecified atom stereocenters. The standard InChI is InChI=1S/C21H23Cl2N5O3/c1-29-12-5-4-6-28(10-12)20-19-11(9-25-21(24)27-19)7-13(26-20)16-17(22)14(30-2)8-15(31-3)18(16)23/h7-9,12H,4-6,10H2,1-3H3,(H2,24,25,27). The number of nitrogens with two attached hydrogens (primary N) is 1. The van der Waals surface area contributed by atoms with Crippen LogP contribution < -0.4 is 20.1 Å². The Kier molecular flexibility index (Phi) is 6.22. The van der Waals surface area contributed by atoms with Crippen molar-refractivity contribution in [3.63, 3.8) is 0 Å². The zero-order valence-electron chi connectivity index (χ0n) is 17.5. The molecule has 1 aliphatic heterocycles. The van der Waals surface area contributed by atoms with Gasteiger partial charge in [-0.05, 0) is 18.9 Å². The van der Waals surface area contributed by atoms with E-state index in [0.29, 0.717) is 50.7 Å². The van der Waals surface area contributed by atoms with Crippen molar-refractivity contribution in [1.29, 1.82) is 0 Å². The third kappa shape index (κ3) is 4.03. The monoisotopic (exact) mass is 463 g/mol. The summed E-state index contributed by atoms with van der Waals surface area (Å²) in [5.41, 5.74) is 7.61. The van der Waals surface area contributed by atoms with Crippen LogP contribution in [0.3, 0.4) is 0 Å². The Labute approximate surface area is 190 Å². The fraction of sp³-hybridized carbons (Fsp3) is 0.381. The van der Waals surface area contributed by atoms with Crippen molar-refractivity contribution in [2.24, 2.45) is 0 Å². The van der Waals surface area contributed by atoms with Gasteiger partial charge in [0.2, 0.25) is 5.95 Å². The molecule has 1 atom stereocenters. The summed E-state index contributed by atoms with van der Waals surface area (Å²) in [5, 5.41) is 1.45. The lowest BCUT2D eigenvalue weighted by Crippen LogP contribution is -2.40. The zero-order valence-corrected chi connectivity index (χ0v) is 19.0. The van der Waals surface area contributed by atoms with Gasteiger partial charge < -0.3 is 24.8 Å². The van der Waals surface area contributed by atoms with Gasteiger partial charge in [-0.1, -0.05) is 23.2 Å². The van der Waals surface area contributed by atoms with Crippen LogP contribution in [0.5, 0.6) is 11.5 Å². The van der Waals surface area contributed by atoms with Crippen molar-refractivity contribution < 1.29 is 14.2 Å². The highest BCUT2D eigenvalue weighted by atomic mass is 35.5. The Hall–Kier alpha value is -2.55. The minimum absolute atomic E-state index is 0.109. The molecule has 0 radical (unpaired) electrons. The third-order valence-corrected chi connectivity index (χ3v) is 6.16. The van der Waals surface area contributed by atoms with Crippen molar-refractivity contribution in [1.82, 2.24) is 15.0 Å². The Bertz CT molecular complexity index is 1100. The van der Waals surface area contributed by atoms with Crippen LogP contribution in [-0.2, 0) is 4.74 Å². The Morgan fingerprint density at radius 2 is 1.77 bits per heavy atom. The number of ether oxygens (including phenoxy) is 3. The number of fused-ring (bicyclic) bond motifs is 1. The number of hydrogen-bond acceptors (Lipinski definition) is 8. The molecular formula is C21H23Cl2N5O3. The number of rotatable bonds is 5. The molecule has 10 heteroatoms. The van der Waals surface area contributed by atoms with E-state index in [0.717, 1.165) is 24.8 Å². The van der Waals surface area contributed by atoms with Gasteiger partial charge in [-0.3, -0.25) is 0 Å². The number of anilines is 2. The first-order valence-electron chi connectivity index (χ1n) is 9.78. The van der Waals surface area contributed by atoms with Crippen molar-refractivity contribution in [2.45, 2.75) is 18.9 Å². The van der Waals surface area contributed by atoms with Crippen LogP contribution in [0.25, 0.3) is 22.2 Å². The second-order valence-electron chi connectivity index (χ2n) is 7.23. The highest BCUT2D eigenvalue weighted by molar-refractivity contribution is 6.41. The molecular weight excluding hydrogens is 441 g/mol. The number of pyridine rings is 1. The molecule has 0 saturated carbocycles. The van der Waals surface area contributed by atoms with Crippen molar-refractivity contribution in [3.05, 3.63) is 28.4 Å². The first-order valence-corrected chi connectivity index (χ1v) is 10.5. The summed E-state index contributed by atoms with van der Waals surface area (Å²) in [7, 11) is 4.79. The first kappa shape index (κ1) is 21.7. The molecule has 0 spiro atoms. The van der Waals surface area contributed by atoms with Gasteiger partial charge in [0.05, 0.1) is 36.1 Å². The predicted octanol–water partition coefficient (Wildman–Crippen LogP) is 4.21. The highest BCUT2D eigenvalue weighted by Crippen LogP contribution is 2.46. The average molecular weight is 464 g/mol. The second kappa shape index (κ2) is 8.90. The topological polar surface area (TPSA) is 95.6 Å². The van der Waals surface area contributed by atoms with Crippen molar-refractivity contribution in [3.8, 4) is 22.8 Å². The Morgan fingerprint density at radius 3 is 2.42 bits per heavy atom. The lowest BCUT2D eigenvalue weighted by atomic mass is 10.1. The van der Waals surface area contributed by atoms with Crippen LogP contribution in [0, 0.1) is 0 Å². The van der Waals surface area contributed by atoms with E-state index >= 15 is 0 Å². The number of nitrogen functional groups attached to an aromatic ring is 1. The first-order chi connectivity index (χ1) is 15.0. The molecule has 0 aliphatic carbocycles. The number of halogens is 2. The number of hydrogen-bond donors (Lipinski definition) is 1. The third-order valence-electron chi connectivity index (χ3n) is 5.41. The predicted molar refractivity (Wildman–Crippen MR) is 123 cm³/mol. The number of methoxy groups -OCH3 is 3. The highest BCUT2D eigenvalue weighted by Gasteiger charge is 2.26. The number of nitrogens with zero attached hydrogens (tertiary/aromatic N) is 4. The van der Waals surface area contributed by atoms with Crippen LogP contribution >= 0.6 is 23.2 Å². The molecule has 1 fully saturated rings. The minimum Gasteiger partial charge on any atom is -0.495 e. The fourth-order valence-corrected chi connectivity index (χ4v) is 4.51. The lowest BCUT2D eigenvalue weighted by molar-refractivity contribution is 0.0892. The maximum Gasteiger partial charge on any atom is 0.220 e. The fourth-order valence-electron chi connectivity index (χ4n) is 3.82. The van der Waals surface area contributed by atoms with Gasteiger partial charge in [0, 0.05) is 43.4 Å². The summed E-state index contributed by atoms with van der Waals surface area (Å²) in [4.78, 5) is 15.7. The summed E-state index contributed by atoms with van der Waals surface area (Å²) in [6, 6.07) is 3.48. The number of aromatic nitrogens is 3. The van der Waals surface area contributed by atoms with Gasteiger partial charge in [0.1, 0.15) is 17.0 Å². The van der Waals surface area contributed by atoms with E-state index in [4.69, 9.17) is 48.1 Å². The summed E-state index contributed by atoms with van der Waals surface area (Å²) < 4.78 is 16.4. The summed E-state index contributed by atoms with van der Waals surface area (Å²) in [5.74, 6) is 1.74. The van der Waals surface area contributed by atoms with Crippen molar-refractivity contribution >= 4 is 45.9 Å². The average Bonchev–Trinajstić information content (AvgIpc) is 2.79. The lowest BCUT2D eigenvalue weighted by Gasteiger charge is -2.33. The van der Waals surface area contributed by atoms with Gasteiger partial charge in [0.15, 0.2) is 5.82 Å². The van der Waals surface area contributed by atoms with E-state index in [-0.39, 0.29) is 12.1 Å². The molecule has 164 valence electrons. The van der Waals surface area contributed by atoms with Gasteiger partial charge in [0.25, 0.3) is 0 Å². The largest absolute Gasteiger partial charge is 0.495 e. The van der Waals surface area contributed by atoms with E-state index in [2.05, 4.69) is 14.9 Å². The Morgan fingerprint density at radius 1 is 1.06 bits per heavy atom. The summed E-state index contributed by atoms with van der Waals surface area (Å²) >= 11 is 13.3. The number of piperidine rings is 1. The maximum atomic E-state index is 6.65. The van der Waals surface area contributed by atoms with Gasteiger partial charge in [-0.25, -0.2) is 15.0 Å². The SMILES string of the molecule is COc1cc(OC)c(Cl)c(-c2cc3cnc(N)nc3c(N3CCCC(OC)C3)n2)c1Cl. The summed E-state index contributed by atoms with van der Waals surface area (Å²) in [6.45, 7) is 1.51. The normalized spacial score (nSPS) is 16.5. The van der Waals surface area contributed by atoms with Crippen LogP contribution in [0.2, 0.25) is 10.0 Å². The van der Waals surface area contributed by atoms with E-state index < -0.39 is 0 Å². The molecule has 2 aromatic heterocycles. The smallest absolute Gasteiger partial charge is 0.220 e. The molecule has 3 heterocycles. The molecule has 0 amide bonds. The molecule has 1 aromatic carbocycles. The molecule has 0 bridgehead atoms. The van der Waals surface area contributed by atoms with Crippen LogP contribution in [0.15, 0.2) is 18.3 Å². The van der Waals surface area contributed by atoms with Crippen molar-refractivity contribution in [2.75, 3.05) is 45.1 Å². The van der Waals surface area contributed by atoms with E-state index in [1.165, 1.54) is 14.2 Å². The van der Waals surface area contributed by atoms with E-state index in [9.17, 15) is 0 Å². The molecule has 3 aromatic rings. The minimum atomic E-state index is 0.109. The van der Waals surface area contributed by atoms with Crippen LogP contribution in [0.1, 0.15) is 12.8 Å². The molecule has 8 nitrogen and oxygen atoms in total. The van der Waals surface area contributed by atoms with Crippen LogP contribution in [0.4, 0.5) is 11.8 Å².